The summed E-state index contributed by atoms with van der Waals surface area (Å²) in [7, 11) is 0. The molecule has 0 aliphatic rings. The Morgan fingerprint density at radius 2 is 1.89 bits per heavy atom. The van der Waals surface area contributed by atoms with E-state index in [9.17, 15) is 4.79 Å². The number of halogens is 1. The van der Waals surface area contributed by atoms with Gasteiger partial charge >= 0.3 is 5.97 Å². The minimum Gasteiger partial charge on any atom is -0.481 e. The molecule has 2 rings (SSSR count). The number of benzene rings is 2. The molecule has 3 nitrogen and oxygen atoms in total. The van der Waals surface area contributed by atoms with Crippen LogP contribution in [-0.4, -0.2) is 11.1 Å². The summed E-state index contributed by atoms with van der Waals surface area (Å²) in [6, 6.07) is 14.1. The molecule has 92 valence electrons. The molecule has 0 radical (unpaired) electrons. The van der Waals surface area contributed by atoms with Gasteiger partial charge in [-0.15, -0.1) is 0 Å². The molecule has 18 heavy (non-hydrogen) atoms. The molecule has 0 atom stereocenters. The lowest BCUT2D eigenvalue weighted by Crippen LogP contribution is -2.02. The number of carbonyl (C=O) groups is 1. The van der Waals surface area contributed by atoms with E-state index in [1.807, 2.05) is 18.2 Å². The van der Waals surface area contributed by atoms with Crippen LogP contribution in [0.2, 0.25) is 5.02 Å². The highest BCUT2D eigenvalue weighted by Crippen LogP contribution is 2.28. The average molecular weight is 263 g/mol. The van der Waals surface area contributed by atoms with E-state index in [2.05, 4.69) is 0 Å². The second-order valence-corrected chi connectivity index (χ2v) is 4.17. The highest BCUT2D eigenvalue weighted by atomic mass is 35.5. The fourth-order valence-corrected chi connectivity index (χ4v) is 1.71. The third kappa shape index (κ3) is 3.25. The second-order valence-electron chi connectivity index (χ2n) is 3.74. The van der Waals surface area contributed by atoms with Gasteiger partial charge in [0.1, 0.15) is 11.5 Å². The topological polar surface area (TPSA) is 46.5 Å². The van der Waals surface area contributed by atoms with Crippen LogP contribution in [0.5, 0.6) is 11.5 Å². The van der Waals surface area contributed by atoms with Gasteiger partial charge in [-0.2, -0.15) is 0 Å². The van der Waals surface area contributed by atoms with Crippen LogP contribution in [0.15, 0.2) is 48.5 Å². The van der Waals surface area contributed by atoms with Crippen LogP contribution in [-0.2, 0) is 11.2 Å². The Labute approximate surface area is 110 Å². The van der Waals surface area contributed by atoms with Gasteiger partial charge in [0.05, 0.1) is 6.42 Å². The lowest BCUT2D eigenvalue weighted by atomic mass is 10.1. The van der Waals surface area contributed by atoms with Gasteiger partial charge in [-0.05, 0) is 24.3 Å². The van der Waals surface area contributed by atoms with Crippen LogP contribution in [0.1, 0.15) is 5.56 Å². The van der Waals surface area contributed by atoms with E-state index in [1.165, 1.54) is 0 Å². The van der Waals surface area contributed by atoms with E-state index in [-0.39, 0.29) is 6.42 Å². The molecule has 0 unspecified atom stereocenters. The maximum atomic E-state index is 10.8. The van der Waals surface area contributed by atoms with Gasteiger partial charge in [-0.3, -0.25) is 4.79 Å². The predicted octanol–water partition coefficient (Wildman–Crippen LogP) is 3.76. The zero-order valence-electron chi connectivity index (χ0n) is 9.47. The van der Waals surface area contributed by atoms with Gasteiger partial charge in [0, 0.05) is 10.6 Å². The van der Waals surface area contributed by atoms with Crippen LogP contribution in [0.25, 0.3) is 0 Å². The molecule has 0 aliphatic heterocycles. The summed E-state index contributed by atoms with van der Waals surface area (Å²) in [6.07, 6.45) is -0.0979. The zero-order valence-corrected chi connectivity index (χ0v) is 10.2. The van der Waals surface area contributed by atoms with Gasteiger partial charge in [-0.1, -0.05) is 35.9 Å². The standard InChI is InChI=1S/C14H11ClO3/c15-11-7-6-10(8-14(16)17)13(9-11)18-12-4-2-1-3-5-12/h1-7,9H,8H2,(H,16,17). The number of hydrogen-bond donors (Lipinski definition) is 1. The third-order valence-electron chi connectivity index (χ3n) is 2.34. The Bertz CT molecular complexity index is 552. The van der Waals surface area contributed by atoms with Gasteiger partial charge < -0.3 is 9.84 Å². The third-order valence-corrected chi connectivity index (χ3v) is 2.58. The monoisotopic (exact) mass is 262 g/mol. The minimum atomic E-state index is -0.907. The molecule has 0 amide bonds. The van der Waals surface area contributed by atoms with E-state index in [0.717, 1.165) is 0 Å². The number of hydrogen-bond acceptors (Lipinski definition) is 2. The van der Waals surface area contributed by atoms with Crippen molar-refractivity contribution in [3.63, 3.8) is 0 Å². The van der Waals surface area contributed by atoms with Crippen molar-refractivity contribution >= 4 is 17.6 Å². The Kier molecular flexibility index (Phi) is 3.85. The van der Waals surface area contributed by atoms with E-state index < -0.39 is 5.97 Å². The molecular weight excluding hydrogens is 252 g/mol. The van der Waals surface area contributed by atoms with Crippen LogP contribution in [0.4, 0.5) is 0 Å². The zero-order chi connectivity index (χ0) is 13.0. The SMILES string of the molecule is O=C(O)Cc1ccc(Cl)cc1Oc1ccccc1. The van der Waals surface area contributed by atoms with E-state index in [4.69, 9.17) is 21.4 Å². The number of rotatable bonds is 4. The number of carboxylic acids is 1. The molecule has 0 fully saturated rings. The van der Waals surface area contributed by atoms with Crippen molar-refractivity contribution in [3.8, 4) is 11.5 Å². The fraction of sp³-hybridized carbons (Fsp3) is 0.0714. The molecule has 2 aromatic rings. The van der Waals surface area contributed by atoms with Gasteiger partial charge in [-0.25, -0.2) is 0 Å². The number of para-hydroxylation sites is 1. The lowest BCUT2D eigenvalue weighted by molar-refractivity contribution is -0.136. The van der Waals surface area contributed by atoms with Crippen molar-refractivity contribution in [1.82, 2.24) is 0 Å². The first kappa shape index (κ1) is 12.5. The van der Waals surface area contributed by atoms with Crippen molar-refractivity contribution < 1.29 is 14.6 Å². The Balaban J connectivity index is 2.30. The molecule has 0 aromatic heterocycles. The van der Waals surface area contributed by atoms with Crippen molar-refractivity contribution in [2.45, 2.75) is 6.42 Å². The molecule has 0 aliphatic carbocycles. The molecule has 0 saturated carbocycles. The minimum absolute atomic E-state index is 0.0979. The van der Waals surface area contributed by atoms with Crippen LogP contribution >= 0.6 is 11.6 Å². The quantitative estimate of drug-likeness (QED) is 0.913. The number of aliphatic carboxylic acids is 1. The van der Waals surface area contributed by atoms with Gasteiger partial charge in [0.25, 0.3) is 0 Å². The van der Waals surface area contributed by atoms with E-state index >= 15 is 0 Å². The second kappa shape index (κ2) is 5.56. The maximum Gasteiger partial charge on any atom is 0.307 e. The van der Waals surface area contributed by atoms with Gasteiger partial charge in [0.15, 0.2) is 0 Å². The van der Waals surface area contributed by atoms with Crippen molar-refractivity contribution in [3.05, 3.63) is 59.1 Å². The van der Waals surface area contributed by atoms with Crippen molar-refractivity contribution in [2.24, 2.45) is 0 Å². The Morgan fingerprint density at radius 3 is 2.56 bits per heavy atom. The van der Waals surface area contributed by atoms with E-state index in [0.29, 0.717) is 22.1 Å². The molecule has 0 saturated heterocycles. The Hall–Kier alpha value is -2.00. The Morgan fingerprint density at radius 1 is 1.17 bits per heavy atom. The normalized spacial score (nSPS) is 10.1. The predicted molar refractivity (Wildman–Crippen MR) is 69.3 cm³/mol. The molecule has 0 heterocycles. The highest BCUT2D eigenvalue weighted by molar-refractivity contribution is 6.30. The first-order valence-electron chi connectivity index (χ1n) is 5.38. The number of carboxylic acid groups (broad SMARTS) is 1. The van der Waals surface area contributed by atoms with Crippen LogP contribution < -0.4 is 4.74 Å². The molecule has 2 aromatic carbocycles. The molecule has 0 spiro atoms. The molecule has 0 bridgehead atoms. The van der Waals surface area contributed by atoms with Crippen LogP contribution in [0, 0.1) is 0 Å². The average Bonchev–Trinajstić information content (AvgIpc) is 2.33. The summed E-state index contributed by atoms with van der Waals surface area (Å²) in [4.78, 5) is 10.8. The van der Waals surface area contributed by atoms with Gasteiger partial charge in [0.2, 0.25) is 0 Å². The van der Waals surface area contributed by atoms with Crippen LogP contribution in [0.3, 0.4) is 0 Å². The first-order valence-corrected chi connectivity index (χ1v) is 5.76. The maximum absolute atomic E-state index is 10.8. The lowest BCUT2D eigenvalue weighted by Gasteiger charge is -2.10. The summed E-state index contributed by atoms with van der Waals surface area (Å²) in [6.45, 7) is 0. The summed E-state index contributed by atoms with van der Waals surface area (Å²) >= 11 is 5.89. The summed E-state index contributed by atoms with van der Waals surface area (Å²) in [5.41, 5.74) is 0.593. The first-order chi connectivity index (χ1) is 8.65. The smallest absolute Gasteiger partial charge is 0.307 e. The molecule has 4 heteroatoms. The van der Waals surface area contributed by atoms with E-state index in [1.54, 1.807) is 30.3 Å². The number of ether oxygens (including phenoxy) is 1. The summed E-state index contributed by atoms with van der Waals surface area (Å²) in [5.74, 6) is 0.206. The summed E-state index contributed by atoms with van der Waals surface area (Å²) in [5, 5.41) is 9.35. The molecule has 1 N–H and O–H groups in total. The summed E-state index contributed by atoms with van der Waals surface area (Å²) < 4.78 is 5.64. The van der Waals surface area contributed by atoms with Crippen molar-refractivity contribution in [2.75, 3.05) is 0 Å². The van der Waals surface area contributed by atoms with Crippen molar-refractivity contribution in [1.29, 1.82) is 0 Å². The molecular formula is C14H11ClO3. The fourth-order valence-electron chi connectivity index (χ4n) is 1.55. The largest absolute Gasteiger partial charge is 0.481 e. The highest BCUT2D eigenvalue weighted by Gasteiger charge is 2.09.